The second-order valence-corrected chi connectivity index (χ2v) is 6.02. The topological polar surface area (TPSA) is 158 Å². The van der Waals surface area contributed by atoms with Gasteiger partial charge in [-0.15, -0.1) is 0 Å². The maximum absolute atomic E-state index is 10.9. The molecule has 0 saturated heterocycles. The lowest BCUT2D eigenvalue weighted by molar-refractivity contribution is -0.148. The normalized spacial score (nSPS) is 8.37. The van der Waals surface area contributed by atoms with Crippen molar-refractivity contribution in [2.24, 2.45) is 0 Å². The van der Waals surface area contributed by atoms with Crippen LogP contribution in [0.3, 0.4) is 0 Å². The number of carbonyl (C=O) groups is 6. The molecule has 38 heavy (non-hydrogen) atoms. The summed E-state index contributed by atoms with van der Waals surface area (Å²) in [6.07, 6.45) is 2.93. The second-order valence-electron chi connectivity index (χ2n) is 6.02. The minimum Gasteiger partial charge on any atom is -0.466 e. The molecule has 12 heteroatoms. The Kier molecular flexibility index (Phi) is 31.2. The van der Waals surface area contributed by atoms with Crippen LogP contribution in [0, 0.1) is 0 Å². The van der Waals surface area contributed by atoms with Gasteiger partial charge < -0.3 is 28.4 Å². The zero-order chi connectivity index (χ0) is 30.5. The van der Waals surface area contributed by atoms with Gasteiger partial charge >= 0.3 is 35.8 Å². The molecule has 0 heterocycles. The molecule has 0 aromatic heterocycles. The number of hydrogen-bond donors (Lipinski definition) is 0. The van der Waals surface area contributed by atoms with Crippen molar-refractivity contribution in [2.75, 3.05) is 39.6 Å². The molecule has 0 amide bonds. The minimum absolute atomic E-state index is 0.0528. The minimum atomic E-state index is -0.779. The van der Waals surface area contributed by atoms with Crippen LogP contribution in [0.1, 0.15) is 41.5 Å². The highest BCUT2D eigenvalue weighted by Gasteiger charge is 2.18. The van der Waals surface area contributed by atoms with Gasteiger partial charge in [-0.25, -0.2) is 19.2 Å². The monoisotopic (exact) mass is 544 g/mol. The van der Waals surface area contributed by atoms with E-state index in [0.717, 1.165) is 0 Å². The van der Waals surface area contributed by atoms with Crippen LogP contribution in [0.4, 0.5) is 0 Å². The smallest absolute Gasteiger partial charge is 0.345 e. The number of carbonyl (C=O) groups excluding carboxylic acids is 6. The number of esters is 6. The summed E-state index contributed by atoms with van der Waals surface area (Å²) in [6, 6.07) is 0. The Bertz CT molecular complexity index is 776. The SMILES string of the molecule is C=C(C(=O)OCC)C(=O)OCC.C=CCOC(=O)C(=C)C(=O)OCC.C=CCOC(C)=O.CCOC(C)=O. The van der Waals surface area contributed by atoms with Crippen molar-refractivity contribution in [1.29, 1.82) is 0 Å². The van der Waals surface area contributed by atoms with Crippen molar-refractivity contribution < 1.29 is 57.2 Å². The molecule has 0 saturated carbocycles. The van der Waals surface area contributed by atoms with E-state index in [4.69, 9.17) is 0 Å². The third-order valence-electron chi connectivity index (χ3n) is 2.90. The average Bonchev–Trinajstić information content (AvgIpc) is 2.86. The van der Waals surface area contributed by atoms with Gasteiger partial charge in [0.05, 0.1) is 26.4 Å². The molecule has 12 nitrogen and oxygen atoms in total. The summed E-state index contributed by atoms with van der Waals surface area (Å²) in [7, 11) is 0. The molecule has 0 aromatic carbocycles. The first-order chi connectivity index (χ1) is 17.8. The lowest BCUT2D eigenvalue weighted by atomic mass is 10.3. The quantitative estimate of drug-likeness (QED) is 0.0884. The molecule has 0 N–H and O–H groups in total. The summed E-state index contributed by atoms with van der Waals surface area (Å²) in [5.74, 6) is -3.46. The Hall–Kier alpha value is -4.22. The molecule has 216 valence electrons. The molecule has 0 rings (SSSR count). The molecule has 0 atom stereocenters. The lowest BCUT2D eigenvalue weighted by Crippen LogP contribution is -2.17. The van der Waals surface area contributed by atoms with Crippen LogP contribution < -0.4 is 0 Å². The third kappa shape index (κ3) is 29.8. The van der Waals surface area contributed by atoms with E-state index in [1.54, 1.807) is 27.7 Å². The maximum atomic E-state index is 10.9. The van der Waals surface area contributed by atoms with Crippen LogP contribution in [-0.2, 0) is 57.2 Å². The fourth-order valence-corrected chi connectivity index (χ4v) is 1.42. The molecule has 0 spiro atoms. The fraction of sp³-hybridized carbons (Fsp3) is 0.462. The molecule has 0 aliphatic heterocycles. The summed E-state index contributed by atoms with van der Waals surface area (Å²) in [6.45, 7) is 24.2. The van der Waals surface area contributed by atoms with Gasteiger partial charge in [-0.3, -0.25) is 9.59 Å². The highest BCUT2D eigenvalue weighted by molar-refractivity contribution is 6.13. The number of hydrogen-bond acceptors (Lipinski definition) is 12. The van der Waals surface area contributed by atoms with E-state index >= 15 is 0 Å². The average molecular weight is 545 g/mol. The lowest BCUT2D eigenvalue weighted by Gasteiger charge is -2.03. The van der Waals surface area contributed by atoms with Gasteiger partial charge in [0.1, 0.15) is 24.4 Å². The van der Waals surface area contributed by atoms with Crippen LogP contribution in [-0.4, -0.2) is 75.5 Å². The van der Waals surface area contributed by atoms with E-state index < -0.39 is 23.9 Å². The molecular weight excluding hydrogens is 504 g/mol. The largest absolute Gasteiger partial charge is 0.466 e. The third-order valence-corrected chi connectivity index (χ3v) is 2.90. The van der Waals surface area contributed by atoms with Crippen molar-refractivity contribution in [1.82, 2.24) is 0 Å². The van der Waals surface area contributed by atoms with Gasteiger partial charge in [0.15, 0.2) is 0 Å². The molecule has 0 aliphatic rings. The zero-order valence-electron chi connectivity index (χ0n) is 23.1. The van der Waals surface area contributed by atoms with Crippen molar-refractivity contribution in [3.63, 3.8) is 0 Å². The van der Waals surface area contributed by atoms with Gasteiger partial charge in [-0.2, -0.15) is 0 Å². The van der Waals surface area contributed by atoms with Crippen LogP contribution in [0.2, 0.25) is 0 Å². The Morgan fingerprint density at radius 2 is 0.763 bits per heavy atom. The molecule has 0 unspecified atom stereocenters. The van der Waals surface area contributed by atoms with Gasteiger partial charge in [-0.05, 0) is 27.7 Å². The Labute approximate surface area is 224 Å². The standard InChI is InChI=1S/C9H12O4.C8H12O4.C5H8O2.C4H8O2/c1-4-6-13-9(11)7(3)8(10)12-5-2;1-4-11-7(9)6(3)8(10)12-5-2;1-3-4-7-5(2)6;1-3-6-4(2)5/h4H,1,3,5-6H2,2H3;3-5H2,1-2H3;3H,1,4H2,2H3;3H2,1-2H3. The molecule has 0 aromatic rings. The first-order valence-electron chi connectivity index (χ1n) is 11.4. The molecule has 0 bridgehead atoms. The van der Waals surface area contributed by atoms with E-state index in [1.807, 2.05) is 0 Å². The maximum Gasteiger partial charge on any atom is 0.345 e. The van der Waals surface area contributed by atoms with E-state index in [2.05, 4.69) is 54.7 Å². The predicted molar refractivity (Wildman–Crippen MR) is 138 cm³/mol. The Balaban J connectivity index is -0.000000213. The first-order valence-corrected chi connectivity index (χ1v) is 11.4. The Morgan fingerprint density at radius 3 is 0.947 bits per heavy atom. The van der Waals surface area contributed by atoms with E-state index in [9.17, 15) is 28.8 Å². The molecular formula is C26H40O12. The fourth-order valence-electron chi connectivity index (χ4n) is 1.42. The van der Waals surface area contributed by atoms with Crippen molar-refractivity contribution in [2.45, 2.75) is 41.5 Å². The second kappa shape index (κ2) is 29.0. The summed E-state index contributed by atoms with van der Waals surface area (Å²) in [5, 5.41) is 0. The summed E-state index contributed by atoms with van der Waals surface area (Å²) >= 11 is 0. The first kappa shape index (κ1) is 40.9. The van der Waals surface area contributed by atoms with Gasteiger partial charge in [-0.1, -0.05) is 38.5 Å². The number of ether oxygens (including phenoxy) is 6. The highest BCUT2D eigenvalue weighted by atomic mass is 16.6. The van der Waals surface area contributed by atoms with Crippen LogP contribution in [0.5, 0.6) is 0 Å². The predicted octanol–water partition coefficient (Wildman–Crippen LogP) is 2.81. The summed E-state index contributed by atoms with van der Waals surface area (Å²) in [5.41, 5.74) is -0.567. The molecule has 0 fully saturated rings. The summed E-state index contributed by atoms with van der Waals surface area (Å²) in [4.78, 5) is 63.3. The van der Waals surface area contributed by atoms with Crippen molar-refractivity contribution >= 4 is 35.8 Å². The van der Waals surface area contributed by atoms with E-state index in [0.29, 0.717) is 13.2 Å². The van der Waals surface area contributed by atoms with Crippen LogP contribution in [0.25, 0.3) is 0 Å². The zero-order valence-corrected chi connectivity index (χ0v) is 23.1. The van der Waals surface area contributed by atoms with Crippen molar-refractivity contribution in [3.8, 4) is 0 Å². The molecule has 0 aliphatic carbocycles. The molecule has 0 radical (unpaired) electrons. The van der Waals surface area contributed by atoms with E-state index in [-0.39, 0.29) is 49.5 Å². The number of rotatable bonds is 12. The Morgan fingerprint density at radius 1 is 0.500 bits per heavy atom. The van der Waals surface area contributed by atoms with Gasteiger partial charge in [0.2, 0.25) is 0 Å². The van der Waals surface area contributed by atoms with E-state index in [1.165, 1.54) is 26.0 Å². The summed E-state index contributed by atoms with van der Waals surface area (Å²) < 4.78 is 27.0. The van der Waals surface area contributed by atoms with Gasteiger partial charge in [0, 0.05) is 13.8 Å². The van der Waals surface area contributed by atoms with Crippen molar-refractivity contribution in [3.05, 3.63) is 49.6 Å². The van der Waals surface area contributed by atoms with Gasteiger partial charge in [0.25, 0.3) is 0 Å². The highest BCUT2D eigenvalue weighted by Crippen LogP contribution is 1.98. The van der Waals surface area contributed by atoms with Crippen LogP contribution in [0.15, 0.2) is 49.6 Å². The van der Waals surface area contributed by atoms with Crippen LogP contribution >= 0.6 is 0 Å².